The van der Waals surface area contributed by atoms with Crippen LogP contribution < -0.4 is 19.5 Å². The van der Waals surface area contributed by atoms with E-state index in [0.717, 1.165) is 16.6 Å². The Morgan fingerprint density at radius 3 is 2.57 bits per heavy atom. The van der Waals surface area contributed by atoms with Gasteiger partial charge in [0.2, 0.25) is 5.75 Å². The number of carbonyl (C=O) groups is 1. The van der Waals surface area contributed by atoms with Gasteiger partial charge in [-0.3, -0.25) is 9.89 Å². The average molecular weight is 407 g/mol. The molecule has 154 valence electrons. The molecule has 0 radical (unpaired) electrons. The molecule has 0 atom stereocenters. The summed E-state index contributed by atoms with van der Waals surface area (Å²) in [5.41, 5.74) is 3.52. The molecule has 0 saturated heterocycles. The smallest absolute Gasteiger partial charge is 0.269 e. The third-order valence-electron chi connectivity index (χ3n) is 4.73. The number of H-pyrrole nitrogens is 1. The molecule has 3 aromatic heterocycles. The molecule has 4 rings (SSSR count). The predicted molar refractivity (Wildman–Crippen MR) is 110 cm³/mol. The SMILES string of the molecule is COc1cc(-c2cc(C(=O)NCc3cnn4ccccc34)[nH]n2)cc(OC)c1OC. The van der Waals surface area contributed by atoms with Gasteiger partial charge in [0.1, 0.15) is 5.69 Å². The van der Waals surface area contributed by atoms with E-state index >= 15 is 0 Å². The van der Waals surface area contributed by atoms with Gasteiger partial charge in [-0.2, -0.15) is 10.2 Å². The molecule has 0 fully saturated rings. The van der Waals surface area contributed by atoms with Gasteiger partial charge in [0.25, 0.3) is 5.91 Å². The number of nitrogens with one attached hydrogen (secondary N) is 2. The Bertz CT molecular complexity index is 1170. The molecule has 0 aliphatic rings. The monoisotopic (exact) mass is 407 g/mol. The van der Waals surface area contributed by atoms with Crippen LogP contribution in [0.1, 0.15) is 16.1 Å². The summed E-state index contributed by atoms with van der Waals surface area (Å²) in [4.78, 5) is 12.6. The van der Waals surface area contributed by atoms with Gasteiger partial charge in [-0.25, -0.2) is 4.52 Å². The summed E-state index contributed by atoms with van der Waals surface area (Å²) in [6.07, 6.45) is 3.60. The van der Waals surface area contributed by atoms with E-state index in [1.54, 1.807) is 50.2 Å². The van der Waals surface area contributed by atoms with E-state index < -0.39 is 0 Å². The summed E-state index contributed by atoms with van der Waals surface area (Å²) in [6, 6.07) is 11.0. The molecule has 30 heavy (non-hydrogen) atoms. The molecule has 0 spiro atoms. The zero-order chi connectivity index (χ0) is 21.1. The van der Waals surface area contributed by atoms with E-state index in [1.807, 2.05) is 24.4 Å². The van der Waals surface area contributed by atoms with Crippen molar-refractivity contribution in [3.05, 3.63) is 60.0 Å². The second-order valence-electron chi connectivity index (χ2n) is 6.46. The number of amides is 1. The standard InChI is InChI=1S/C21H21N5O4/c1-28-18-8-13(9-19(29-2)20(18)30-3)15-10-16(25-24-15)21(27)22-11-14-12-23-26-7-5-4-6-17(14)26/h4-10,12H,11H2,1-3H3,(H,22,27)(H,24,25). The first-order valence-corrected chi connectivity index (χ1v) is 9.19. The van der Waals surface area contributed by atoms with Crippen LogP contribution in [0.25, 0.3) is 16.8 Å². The highest BCUT2D eigenvalue weighted by Crippen LogP contribution is 2.40. The van der Waals surface area contributed by atoms with Crippen molar-refractivity contribution in [3.63, 3.8) is 0 Å². The third kappa shape index (κ3) is 3.52. The number of fused-ring (bicyclic) bond motifs is 1. The van der Waals surface area contributed by atoms with Crippen LogP contribution >= 0.6 is 0 Å². The van der Waals surface area contributed by atoms with Gasteiger partial charge in [-0.05, 0) is 30.3 Å². The topological polar surface area (TPSA) is 103 Å². The predicted octanol–water partition coefficient (Wildman–Crippen LogP) is 2.68. The Kier molecular flexibility index (Phi) is 5.25. The number of carbonyl (C=O) groups excluding carboxylic acids is 1. The fourth-order valence-corrected chi connectivity index (χ4v) is 3.21. The van der Waals surface area contributed by atoms with Crippen molar-refractivity contribution >= 4 is 11.4 Å². The number of hydrogen-bond acceptors (Lipinski definition) is 6. The lowest BCUT2D eigenvalue weighted by atomic mass is 10.1. The van der Waals surface area contributed by atoms with Gasteiger partial charge in [0.15, 0.2) is 11.5 Å². The highest BCUT2D eigenvalue weighted by molar-refractivity contribution is 5.93. The lowest BCUT2D eigenvalue weighted by Crippen LogP contribution is -2.23. The number of nitrogens with zero attached hydrogens (tertiary/aromatic N) is 3. The molecule has 0 bridgehead atoms. The lowest BCUT2D eigenvalue weighted by Gasteiger charge is -2.13. The van der Waals surface area contributed by atoms with Crippen LogP contribution in [-0.4, -0.2) is 47.0 Å². The molecular weight excluding hydrogens is 386 g/mol. The Balaban J connectivity index is 1.53. The number of aromatic amines is 1. The first-order valence-electron chi connectivity index (χ1n) is 9.19. The Morgan fingerprint density at radius 2 is 1.87 bits per heavy atom. The van der Waals surface area contributed by atoms with E-state index in [9.17, 15) is 4.79 Å². The van der Waals surface area contributed by atoms with E-state index in [2.05, 4.69) is 20.6 Å². The quantitative estimate of drug-likeness (QED) is 0.488. The number of rotatable bonds is 7. The summed E-state index contributed by atoms with van der Waals surface area (Å²) in [6.45, 7) is 0.352. The second-order valence-corrected chi connectivity index (χ2v) is 6.46. The summed E-state index contributed by atoms with van der Waals surface area (Å²) in [5, 5.41) is 14.2. The maximum absolute atomic E-state index is 12.6. The van der Waals surface area contributed by atoms with Crippen LogP contribution in [0.15, 0.2) is 48.8 Å². The molecule has 9 heteroatoms. The van der Waals surface area contributed by atoms with Crippen LogP contribution in [-0.2, 0) is 6.54 Å². The first-order chi connectivity index (χ1) is 14.6. The van der Waals surface area contributed by atoms with Gasteiger partial charge in [-0.15, -0.1) is 0 Å². The molecule has 2 N–H and O–H groups in total. The molecule has 0 aliphatic heterocycles. The van der Waals surface area contributed by atoms with Gasteiger partial charge >= 0.3 is 0 Å². The van der Waals surface area contributed by atoms with E-state index in [1.165, 1.54) is 0 Å². The van der Waals surface area contributed by atoms with Crippen LogP contribution in [0.4, 0.5) is 0 Å². The number of hydrogen-bond donors (Lipinski definition) is 2. The van der Waals surface area contributed by atoms with E-state index in [-0.39, 0.29) is 5.91 Å². The zero-order valence-electron chi connectivity index (χ0n) is 16.8. The Hall–Kier alpha value is -4.01. The summed E-state index contributed by atoms with van der Waals surface area (Å²) >= 11 is 0. The molecule has 0 unspecified atom stereocenters. The first kappa shape index (κ1) is 19.3. The van der Waals surface area contributed by atoms with Crippen LogP contribution in [0.5, 0.6) is 17.2 Å². The molecule has 4 aromatic rings. The van der Waals surface area contributed by atoms with Crippen LogP contribution in [0.2, 0.25) is 0 Å². The minimum Gasteiger partial charge on any atom is -0.493 e. The van der Waals surface area contributed by atoms with Crippen molar-refractivity contribution < 1.29 is 19.0 Å². The van der Waals surface area contributed by atoms with Crippen molar-refractivity contribution in [2.45, 2.75) is 6.54 Å². The van der Waals surface area contributed by atoms with Gasteiger partial charge < -0.3 is 19.5 Å². The van der Waals surface area contributed by atoms with E-state index in [4.69, 9.17) is 14.2 Å². The lowest BCUT2D eigenvalue weighted by molar-refractivity contribution is 0.0946. The summed E-state index contributed by atoms with van der Waals surface area (Å²) < 4.78 is 17.9. The molecular formula is C21H21N5O4. The molecule has 9 nitrogen and oxygen atoms in total. The number of aromatic nitrogens is 4. The molecule has 1 amide bonds. The summed E-state index contributed by atoms with van der Waals surface area (Å²) in [7, 11) is 4.64. The van der Waals surface area contributed by atoms with Crippen molar-refractivity contribution in [2.24, 2.45) is 0 Å². The van der Waals surface area contributed by atoms with Gasteiger partial charge in [0, 0.05) is 23.9 Å². The highest BCUT2D eigenvalue weighted by Gasteiger charge is 2.17. The fraction of sp³-hybridized carbons (Fsp3) is 0.190. The highest BCUT2D eigenvalue weighted by atomic mass is 16.5. The number of pyridine rings is 1. The third-order valence-corrected chi connectivity index (χ3v) is 4.73. The number of benzene rings is 1. The minimum absolute atomic E-state index is 0.267. The summed E-state index contributed by atoms with van der Waals surface area (Å²) in [5.74, 6) is 1.24. The molecule has 1 aromatic carbocycles. The number of methoxy groups -OCH3 is 3. The van der Waals surface area contributed by atoms with Crippen molar-refractivity contribution in [3.8, 4) is 28.5 Å². The minimum atomic E-state index is -0.267. The van der Waals surface area contributed by atoms with E-state index in [0.29, 0.717) is 35.2 Å². The largest absolute Gasteiger partial charge is 0.493 e. The Morgan fingerprint density at radius 1 is 1.10 bits per heavy atom. The normalized spacial score (nSPS) is 10.8. The van der Waals surface area contributed by atoms with Crippen molar-refractivity contribution in [1.82, 2.24) is 25.1 Å². The average Bonchev–Trinajstić information content (AvgIpc) is 3.44. The molecule has 0 aliphatic carbocycles. The Labute approximate surface area is 172 Å². The van der Waals surface area contributed by atoms with Crippen molar-refractivity contribution in [2.75, 3.05) is 21.3 Å². The van der Waals surface area contributed by atoms with Crippen LogP contribution in [0, 0.1) is 0 Å². The number of ether oxygens (including phenoxy) is 3. The molecule has 3 heterocycles. The van der Waals surface area contributed by atoms with Gasteiger partial charge in [-0.1, -0.05) is 6.07 Å². The zero-order valence-corrected chi connectivity index (χ0v) is 16.8. The second kappa shape index (κ2) is 8.16. The molecule has 0 saturated carbocycles. The van der Waals surface area contributed by atoms with Gasteiger partial charge in [0.05, 0.1) is 38.7 Å². The van der Waals surface area contributed by atoms with Crippen molar-refractivity contribution in [1.29, 1.82) is 0 Å². The maximum atomic E-state index is 12.6. The fourth-order valence-electron chi connectivity index (χ4n) is 3.21. The van der Waals surface area contributed by atoms with Crippen LogP contribution in [0.3, 0.4) is 0 Å². The maximum Gasteiger partial charge on any atom is 0.269 e.